The van der Waals surface area contributed by atoms with E-state index in [1.165, 1.54) is 6.92 Å². The third-order valence-electron chi connectivity index (χ3n) is 3.24. The molecule has 0 aliphatic carbocycles. The molecule has 108 valence electrons. The summed E-state index contributed by atoms with van der Waals surface area (Å²) < 4.78 is 0. The highest BCUT2D eigenvalue weighted by atomic mass is 16.2. The van der Waals surface area contributed by atoms with Crippen LogP contribution in [0.4, 0.5) is 0 Å². The van der Waals surface area contributed by atoms with Crippen LogP contribution in [0.25, 0.3) is 0 Å². The molecule has 3 N–H and O–H groups in total. The van der Waals surface area contributed by atoms with E-state index < -0.39 is 23.4 Å². The Balaban J connectivity index is 2.74. The van der Waals surface area contributed by atoms with Gasteiger partial charge in [0.15, 0.2) is 0 Å². The molecule has 0 aromatic heterocycles. The lowest BCUT2D eigenvalue weighted by Crippen LogP contribution is -2.53. The van der Waals surface area contributed by atoms with E-state index in [1.807, 2.05) is 20.8 Å². The summed E-state index contributed by atoms with van der Waals surface area (Å²) in [6, 6.07) is -1.21. The minimum Gasteiger partial charge on any atom is -0.368 e. The fourth-order valence-corrected chi connectivity index (χ4v) is 2.09. The molecular formula is C13H23N3O3. The van der Waals surface area contributed by atoms with Crippen LogP contribution in [0.2, 0.25) is 0 Å². The first kappa shape index (κ1) is 15.5. The number of likely N-dealkylation sites (tertiary alicyclic amines) is 1. The van der Waals surface area contributed by atoms with Gasteiger partial charge in [-0.2, -0.15) is 0 Å². The van der Waals surface area contributed by atoms with Gasteiger partial charge in [-0.25, -0.2) is 0 Å². The maximum Gasteiger partial charge on any atom is 0.243 e. The molecule has 0 unspecified atom stereocenters. The average Bonchev–Trinajstić information content (AvgIpc) is 2.74. The predicted molar refractivity (Wildman–Crippen MR) is 71.0 cm³/mol. The summed E-state index contributed by atoms with van der Waals surface area (Å²) >= 11 is 0. The Bertz CT molecular complexity index is 387. The molecule has 1 saturated heterocycles. The van der Waals surface area contributed by atoms with Crippen molar-refractivity contribution in [3.63, 3.8) is 0 Å². The second-order valence-corrected chi connectivity index (χ2v) is 6.04. The summed E-state index contributed by atoms with van der Waals surface area (Å²) in [4.78, 5) is 36.9. The first-order chi connectivity index (χ1) is 8.64. The standard InChI is InChI=1S/C13H23N3O3/c1-8(10(14)17)15-11(18)9-6-5-7-16(9)12(19)13(2,3)4/h8-9H,5-7H2,1-4H3,(H2,14,17)(H,15,18)/t8-,9-/m1/s1. The average molecular weight is 269 g/mol. The molecule has 0 aromatic rings. The normalized spacial score (nSPS) is 21.1. The monoisotopic (exact) mass is 269 g/mol. The zero-order valence-electron chi connectivity index (χ0n) is 12.0. The number of carbonyl (C=O) groups is 3. The van der Waals surface area contributed by atoms with Crippen LogP contribution >= 0.6 is 0 Å². The Labute approximate surface area is 113 Å². The number of rotatable bonds is 3. The largest absolute Gasteiger partial charge is 0.368 e. The minimum absolute atomic E-state index is 0.0446. The number of hydrogen-bond donors (Lipinski definition) is 2. The van der Waals surface area contributed by atoms with E-state index in [4.69, 9.17) is 5.73 Å². The summed E-state index contributed by atoms with van der Waals surface area (Å²) in [7, 11) is 0. The van der Waals surface area contributed by atoms with Crippen LogP contribution in [-0.4, -0.2) is 41.2 Å². The van der Waals surface area contributed by atoms with Crippen molar-refractivity contribution in [3.05, 3.63) is 0 Å². The Kier molecular flexibility index (Phi) is 4.55. The van der Waals surface area contributed by atoms with Gasteiger partial charge in [-0.3, -0.25) is 14.4 Å². The van der Waals surface area contributed by atoms with Crippen molar-refractivity contribution < 1.29 is 14.4 Å². The molecule has 6 nitrogen and oxygen atoms in total. The van der Waals surface area contributed by atoms with E-state index in [0.29, 0.717) is 13.0 Å². The molecule has 1 fully saturated rings. The smallest absolute Gasteiger partial charge is 0.243 e. The molecule has 2 atom stereocenters. The Morgan fingerprint density at radius 1 is 1.32 bits per heavy atom. The number of hydrogen-bond acceptors (Lipinski definition) is 3. The lowest BCUT2D eigenvalue weighted by molar-refractivity contribution is -0.145. The van der Waals surface area contributed by atoms with Gasteiger partial charge in [-0.15, -0.1) is 0 Å². The van der Waals surface area contributed by atoms with Gasteiger partial charge in [0.2, 0.25) is 17.7 Å². The molecule has 0 spiro atoms. The highest BCUT2D eigenvalue weighted by molar-refractivity contribution is 5.92. The van der Waals surface area contributed by atoms with Crippen molar-refractivity contribution in [2.24, 2.45) is 11.1 Å². The van der Waals surface area contributed by atoms with Crippen molar-refractivity contribution in [3.8, 4) is 0 Å². The summed E-state index contributed by atoms with van der Waals surface area (Å²) in [6.45, 7) is 7.60. The number of nitrogens with one attached hydrogen (secondary N) is 1. The molecular weight excluding hydrogens is 246 g/mol. The van der Waals surface area contributed by atoms with E-state index in [1.54, 1.807) is 4.90 Å². The quantitative estimate of drug-likeness (QED) is 0.756. The highest BCUT2D eigenvalue weighted by Crippen LogP contribution is 2.25. The van der Waals surface area contributed by atoms with Gasteiger partial charge in [-0.05, 0) is 19.8 Å². The fourth-order valence-electron chi connectivity index (χ4n) is 2.09. The minimum atomic E-state index is -0.723. The van der Waals surface area contributed by atoms with Gasteiger partial charge in [0, 0.05) is 12.0 Å². The number of primary amides is 1. The van der Waals surface area contributed by atoms with Crippen molar-refractivity contribution in [1.82, 2.24) is 10.2 Å². The SMILES string of the molecule is C[C@@H](NC(=O)[C@H]1CCCN1C(=O)C(C)(C)C)C(N)=O. The van der Waals surface area contributed by atoms with Crippen molar-refractivity contribution in [2.45, 2.75) is 52.6 Å². The van der Waals surface area contributed by atoms with Gasteiger partial charge in [0.1, 0.15) is 12.1 Å². The summed E-state index contributed by atoms with van der Waals surface area (Å²) in [5, 5.41) is 2.55. The topological polar surface area (TPSA) is 92.5 Å². The molecule has 3 amide bonds. The summed E-state index contributed by atoms with van der Waals surface area (Å²) in [5.41, 5.74) is 4.60. The second kappa shape index (κ2) is 5.59. The summed E-state index contributed by atoms with van der Waals surface area (Å²) in [6.07, 6.45) is 1.42. The molecule has 1 aliphatic heterocycles. The third kappa shape index (κ3) is 3.68. The van der Waals surface area contributed by atoms with Gasteiger partial charge in [-0.1, -0.05) is 20.8 Å². The van der Waals surface area contributed by atoms with Crippen LogP contribution < -0.4 is 11.1 Å². The van der Waals surface area contributed by atoms with Crippen LogP contribution in [0.3, 0.4) is 0 Å². The molecule has 0 bridgehead atoms. The number of nitrogens with zero attached hydrogens (tertiary/aromatic N) is 1. The number of amides is 3. The van der Waals surface area contributed by atoms with Gasteiger partial charge in [0.25, 0.3) is 0 Å². The van der Waals surface area contributed by atoms with Crippen LogP contribution in [-0.2, 0) is 14.4 Å². The molecule has 1 rings (SSSR count). The van der Waals surface area contributed by atoms with Crippen molar-refractivity contribution in [2.75, 3.05) is 6.54 Å². The predicted octanol–water partition coefficient (Wildman–Crippen LogP) is 0.0135. The van der Waals surface area contributed by atoms with Gasteiger partial charge < -0.3 is 16.0 Å². The molecule has 1 heterocycles. The summed E-state index contributed by atoms with van der Waals surface area (Å²) in [5.74, 6) is -0.932. The lowest BCUT2D eigenvalue weighted by Gasteiger charge is -2.30. The molecule has 19 heavy (non-hydrogen) atoms. The number of nitrogens with two attached hydrogens (primary N) is 1. The van der Waals surface area contributed by atoms with E-state index in [2.05, 4.69) is 5.32 Å². The first-order valence-corrected chi connectivity index (χ1v) is 6.55. The molecule has 0 saturated carbocycles. The maximum atomic E-state index is 12.3. The van der Waals surface area contributed by atoms with Gasteiger partial charge >= 0.3 is 0 Å². The number of carbonyl (C=O) groups excluding carboxylic acids is 3. The van der Waals surface area contributed by atoms with E-state index in [0.717, 1.165) is 6.42 Å². The van der Waals surface area contributed by atoms with E-state index >= 15 is 0 Å². The van der Waals surface area contributed by atoms with E-state index in [-0.39, 0.29) is 11.8 Å². The van der Waals surface area contributed by atoms with Gasteiger partial charge in [0.05, 0.1) is 0 Å². The van der Waals surface area contributed by atoms with Crippen LogP contribution in [0.15, 0.2) is 0 Å². The van der Waals surface area contributed by atoms with Crippen molar-refractivity contribution in [1.29, 1.82) is 0 Å². The van der Waals surface area contributed by atoms with E-state index in [9.17, 15) is 14.4 Å². The first-order valence-electron chi connectivity index (χ1n) is 6.55. The zero-order valence-corrected chi connectivity index (χ0v) is 12.0. The van der Waals surface area contributed by atoms with Crippen LogP contribution in [0.5, 0.6) is 0 Å². The highest BCUT2D eigenvalue weighted by Gasteiger charge is 2.38. The van der Waals surface area contributed by atoms with Crippen molar-refractivity contribution >= 4 is 17.7 Å². The molecule has 0 aromatic carbocycles. The lowest BCUT2D eigenvalue weighted by atomic mass is 9.94. The van der Waals surface area contributed by atoms with Crippen LogP contribution in [0.1, 0.15) is 40.5 Å². The van der Waals surface area contributed by atoms with Crippen LogP contribution in [0, 0.1) is 5.41 Å². The fraction of sp³-hybridized carbons (Fsp3) is 0.769. The molecule has 1 aliphatic rings. The third-order valence-corrected chi connectivity index (χ3v) is 3.24. The Morgan fingerprint density at radius 2 is 1.89 bits per heavy atom. The molecule has 6 heteroatoms. The Hall–Kier alpha value is -1.59. The Morgan fingerprint density at radius 3 is 2.37 bits per heavy atom. The second-order valence-electron chi connectivity index (χ2n) is 6.04. The maximum absolute atomic E-state index is 12.3. The zero-order chi connectivity index (χ0) is 14.8. The molecule has 0 radical (unpaired) electrons.